The molecular formula is C16H16O6S. The lowest BCUT2D eigenvalue weighted by Gasteiger charge is -2.13. The first-order valence-corrected chi connectivity index (χ1v) is 8.30. The summed E-state index contributed by atoms with van der Waals surface area (Å²) in [6.45, 7) is 0. The Morgan fingerprint density at radius 2 is 1.61 bits per heavy atom. The first-order valence-electron chi connectivity index (χ1n) is 6.65. The Morgan fingerprint density at radius 1 is 1.04 bits per heavy atom. The lowest BCUT2D eigenvalue weighted by Crippen LogP contribution is -2.12. The van der Waals surface area contributed by atoms with Gasteiger partial charge in [0, 0.05) is 6.07 Å². The van der Waals surface area contributed by atoms with Crippen molar-refractivity contribution in [2.75, 3.05) is 14.2 Å². The second kappa shape index (κ2) is 6.70. The van der Waals surface area contributed by atoms with Crippen LogP contribution in [0.4, 0.5) is 0 Å². The van der Waals surface area contributed by atoms with E-state index in [0.717, 1.165) is 6.07 Å². The highest BCUT2D eigenvalue weighted by atomic mass is 32.2. The molecule has 122 valence electrons. The van der Waals surface area contributed by atoms with Crippen molar-refractivity contribution in [1.82, 2.24) is 0 Å². The van der Waals surface area contributed by atoms with E-state index in [0.29, 0.717) is 5.56 Å². The number of ether oxygens (including phenoxy) is 2. The van der Waals surface area contributed by atoms with Crippen LogP contribution in [0.2, 0.25) is 0 Å². The standard InChI is InChI=1S/C16H16O6S/c1-21-13-8-12(16(17)18)15(9-14(13)22-2)23(19,20)10-11-6-4-3-5-7-11/h3-9H,10H2,1-2H3,(H,17,18). The zero-order valence-corrected chi connectivity index (χ0v) is 13.5. The summed E-state index contributed by atoms with van der Waals surface area (Å²) in [5, 5.41) is 9.32. The molecule has 0 atom stereocenters. The number of carbonyl (C=O) groups is 1. The highest BCUT2D eigenvalue weighted by Crippen LogP contribution is 2.34. The lowest BCUT2D eigenvalue weighted by molar-refractivity contribution is 0.0692. The van der Waals surface area contributed by atoms with Gasteiger partial charge in [-0.3, -0.25) is 0 Å². The molecule has 0 spiro atoms. The number of carboxylic acids is 1. The van der Waals surface area contributed by atoms with Crippen molar-refractivity contribution >= 4 is 15.8 Å². The van der Waals surface area contributed by atoms with Gasteiger partial charge < -0.3 is 14.6 Å². The quantitative estimate of drug-likeness (QED) is 0.871. The number of sulfone groups is 1. The van der Waals surface area contributed by atoms with Crippen LogP contribution < -0.4 is 9.47 Å². The molecule has 23 heavy (non-hydrogen) atoms. The van der Waals surface area contributed by atoms with Crippen molar-refractivity contribution in [2.24, 2.45) is 0 Å². The van der Waals surface area contributed by atoms with E-state index in [9.17, 15) is 18.3 Å². The number of hydrogen-bond donors (Lipinski definition) is 1. The fourth-order valence-electron chi connectivity index (χ4n) is 2.16. The first-order chi connectivity index (χ1) is 10.9. The Hall–Kier alpha value is -2.54. The average Bonchev–Trinajstić information content (AvgIpc) is 2.53. The molecule has 0 aliphatic rings. The van der Waals surface area contributed by atoms with E-state index in [2.05, 4.69) is 0 Å². The summed E-state index contributed by atoms with van der Waals surface area (Å²) in [7, 11) is -1.16. The minimum atomic E-state index is -3.86. The van der Waals surface area contributed by atoms with Crippen LogP contribution in [0.1, 0.15) is 15.9 Å². The van der Waals surface area contributed by atoms with Gasteiger partial charge in [0.15, 0.2) is 21.3 Å². The average molecular weight is 336 g/mol. The van der Waals surface area contributed by atoms with E-state index in [4.69, 9.17) is 9.47 Å². The van der Waals surface area contributed by atoms with E-state index in [1.807, 2.05) is 0 Å². The molecule has 0 aliphatic heterocycles. The third-order valence-corrected chi connectivity index (χ3v) is 4.97. The zero-order valence-electron chi connectivity index (χ0n) is 12.6. The monoisotopic (exact) mass is 336 g/mol. The normalized spacial score (nSPS) is 11.0. The molecule has 2 rings (SSSR count). The van der Waals surface area contributed by atoms with Crippen LogP contribution in [0.3, 0.4) is 0 Å². The van der Waals surface area contributed by atoms with E-state index < -0.39 is 15.8 Å². The molecule has 0 unspecified atom stereocenters. The largest absolute Gasteiger partial charge is 0.493 e. The first kappa shape index (κ1) is 16.8. The van der Waals surface area contributed by atoms with E-state index in [-0.39, 0.29) is 27.7 Å². The molecule has 0 radical (unpaired) electrons. The molecule has 0 saturated carbocycles. The van der Waals surface area contributed by atoms with Crippen molar-refractivity contribution in [3.8, 4) is 11.5 Å². The van der Waals surface area contributed by atoms with Crippen molar-refractivity contribution in [1.29, 1.82) is 0 Å². The Labute approximate surface area is 134 Å². The molecule has 0 aliphatic carbocycles. The third-order valence-electron chi connectivity index (χ3n) is 3.25. The Morgan fingerprint density at radius 3 is 2.13 bits per heavy atom. The van der Waals surface area contributed by atoms with Gasteiger partial charge in [0.25, 0.3) is 0 Å². The Balaban J connectivity index is 2.58. The van der Waals surface area contributed by atoms with Crippen molar-refractivity contribution in [2.45, 2.75) is 10.6 Å². The van der Waals surface area contributed by atoms with Gasteiger partial charge in [0.05, 0.1) is 30.4 Å². The summed E-state index contributed by atoms with van der Waals surface area (Å²) in [6.07, 6.45) is 0. The SMILES string of the molecule is COc1cc(C(=O)O)c(S(=O)(=O)Cc2ccccc2)cc1OC. The van der Waals surface area contributed by atoms with Crippen molar-refractivity contribution < 1.29 is 27.8 Å². The zero-order chi connectivity index (χ0) is 17.0. The van der Waals surface area contributed by atoms with E-state index in [1.54, 1.807) is 30.3 Å². The molecule has 6 nitrogen and oxygen atoms in total. The maximum Gasteiger partial charge on any atom is 0.337 e. The minimum absolute atomic E-state index is 0.156. The lowest BCUT2D eigenvalue weighted by atomic mass is 10.2. The summed E-state index contributed by atoms with van der Waals surface area (Å²) >= 11 is 0. The molecule has 1 N–H and O–H groups in total. The summed E-state index contributed by atoms with van der Waals surface area (Å²) < 4.78 is 35.4. The third kappa shape index (κ3) is 3.62. The van der Waals surface area contributed by atoms with Crippen molar-refractivity contribution in [3.05, 3.63) is 53.6 Å². The molecule has 7 heteroatoms. The number of methoxy groups -OCH3 is 2. The van der Waals surface area contributed by atoms with Gasteiger partial charge in [-0.2, -0.15) is 0 Å². The highest BCUT2D eigenvalue weighted by Gasteiger charge is 2.26. The highest BCUT2D eigenvalue weighted by molar-refractivity contribution is 7.90. The molecule has 0 aromatic heterocycles. The van der Waals surface area contributed by atoms with Gasteiger partial charge in [-0.25, -0.2) is 13.2 Å². The van der Waals surface area contributed by atoms with Crippen LogP contribution in [-0.2, 0) is 15.6 Å². The predicted octanol–water partition coefficient (Wildman–Crippen LogP) is 2.38. The predicted molar refractivity (Wildman–Crippen MR) is 83.8 cm³/mol. The topological polar surface area (TPSA) is 89.9 Å². The van der Waals surface area contributed by atoms with Crippen molar-refractivity contribution in [3.63, 3.8) is 0 Å². The molecule has 2 aromatic rings. The second-order valence-electron chi connectivity index (χ2n) is 4.75. The summed E-state index contributed by atoms with van der Waals surface area (Å²) in [4.78, 5) is 11.1. The minimum Gasteiger partial charge on any atom is -0.493 e. The molecule has 0 bridgehead atoms. The van der Waals surface area contributed by atoms with Gasteiger partial charge in [0.2, 0.25) is 0 Å². The summed E-state index contributed by atoms with van der Waals surface area (Å²) in [5.74, 6) is -1.34. The summed E-state index contributed by atoms with van der Waals surface area (Å²) in [6, 6.07) is 10.9. The molecule has 0 heterocycles. The smallest absolute Gasteiger partial charge is 0.337 e. The van der Waals surface area contributed by atoms with Gasteiger partial charge in [0.1, 0.15) is 0 Å². The molecule has 0 amide bonds. The van der Waals surface area contributed by atoms with Gasteiger partial charge in [-0.05, 0) is 11.6 Å². The van der Waals surface area contributed by atoms with Crippen LogP contribution in [0.25, 0.3) is 0 Å². The number of aromatic carboxylic acids is 1. The van der Waals surface area contributed by atoms with Gasteiger partial charge >= 0.3 is 5.97 Å². The number of hydrogen-bond acceptors (Lipinski definition) is 5. The van der Waals surface area contributed by atoms with Gasteiger partial charge in [-0.15, -0.1) is 0 Å². The summed E-state index contributed by atoms with van der Waals surface area (Å²) in [5.41, 5.74) is 0.220. The van der Waals surface area contributed by atoms with Crippen LogP contribution >= 0.6 is 0 Å². The second-order valence-corrected chi connectivity index (χ2v) is 6.71. The molecule has 2 aromatic carbocycles. The maximum absolute atomic E-state index is 12.6. The van der Waals surface area contributed by atoms with Crippen LogP contribution in [0, 0.1) is 0 Å². The van der Waals surface area contributed by atoms with Crippen LogP contribution in [0.5, 0.6) is 11.5 Å². The Kier molecular flexibility index (Phi) is 4.90. The van der Waals surface area contributed by atoms with Crippen LogP contribution in [-0.4, -0.2) is 33.7 Å². The van der Waals surface area contributed by atoms with E-state index >= 15 is 0 Å². The fraction of sp³-hybridized carbons (Fsp3) is 0.188. The van der Waals surface area contributed by atoms with Crippen LogP contribution in [0.15, 0.2) is 47.4 Å². The number of benzene rings is 2. The maximum atomic E-state index is 12.6. The molecular weight excluding hydrogens is 320 g/mol. The van der Waals surface area contributed by atoms with Gasteiger partial charge in [-0.1, -0.05) is 30.3 Å². The number of rotatable bonds is 6. The molecule has 0 fully saturated rings. The molecule has 0 saturated heterocycles. The number of carboxylic acid groups (broad SMARTS) is 1. The Bertz CT molecular complexity index is 812. The fourth-order valence-corrected chi connectivity index (χ4v) is 3.71. The van der Waals surface area contributed by atoms with E-state index in [1.165, 1.54) is 20.3 Å².